The standard InChI is InChI=1S/C12H22ClN3O/c1-4-11-7-12(16(2)15-11)8-14-6-5-10(13)9-17-3/h7,10,14H,4-6,8-9H2,1-3H3. The number of rotatable bonds is 8. The van der Waals surface area contributed by atoms with Crippen molar-refractivity contribution in [3.63, 3.8) is 0 Å². The van der Waals surface area contributed by atoms with Gasteiger partial charge in [0.2, 0.25) is 0 Å². The number of nitrogens with one attached hydrogen (secondary N) is 1. The number of hydrogen-bond donors (Lipinski definition) is 1. The first kappa shape index (κ1) is 14.5. The number of methoxy groups -OCH3 is 1. The first-order valence-corrected chi connectivity index (χ1v) is 6.46. The molecule has 98 valence electrons. The molecule has 0 saturated heterocycles. The van der Waals surface area contributed by atoms with Gasteiger partial charge >= 0.3 is 0 Å². The van der Waals surface area contributed by atoms with Crippen molar-refractivity contribution >= 4 is 11.6 Å². The Hall–Kier alpha value is -0.580. The Morgan fingerprint density at radius 2 is 2.35 bits per heavy atom. The Kier molecular flexibility index (Phi) is 6.55. The minimum atomic E-state index is 0.0882. The molecule has 0 aliphatic heterocycles. The molecule has 1 heterocycles. The SMILES string of the molecule is CCc1cc(CNCCC(Cl)COC)n(C)n1. The highest BCUT2D eigenvalue weighted by molar-refractivity contribution is 6.20. The fourth-order valence-electron chi connectivity index (χ4n) is 1.65. The van der Waals surface area contributed by atoms with E-state index in [-0.39, 0.29) is 5.38 Å². The van der Waals surface area contributed by atoms with Crippen LogP contribution in [0.5, 0.6) is 0 Å². The van der Waals surface area contributed by atoms with E-state index in [1.54, 1.807) is 7.11 Å². The minimum absolute atomic E-state index is 0.0882. The summed E-state index contributed by atoms with van der Waals surface area (Å²) in [6.45, 7) is 4.45. The molecule has 1 rings (SSSR count). The summed E-state index contributed by atoms with van der Waals surface area (Å²) in [6, 6.07) is 2.14. The van der Waals surface area contributed by atoms with Crippen LogP contribution in [0.1, 0.15) is 24.7 Å². The van der Waals surface area contributed by atoms with Gasteiger partial charge < -0.3 is 10.1 Å². The highest BCUT2D eigenvalue weighted by atomic mass is 35.5. The Morgan fingerprint density at radius 1 is 1.59 bits per heavy atom. The topological polar surface area (TPSA) is 39.1 Å². The van der Waals surface area contributed by atoms with Crippen LogP contribution in [-0.2, 0) is 24.8 Å². The number of aromatic nitrogens is 2. The monoisotopic (exact) mass is 259 g/mol. The number of alkyl halides is 1. The van der Waals surface area contributed by atoms with Gasteiger partial charge in [0.25, 0.3) is 0 Å². The molecule has 0 spiro atoms. The zero-order chi connectivity index (χ0) is 12.7. The lowest BCUT2D eigenvalue weighted by Crippen LogP contribution is -2.21. The van der Waals surface area contributed by atoms with Gasteiger partial charge in [0.05, 0.1) is 23.4 Å². The van der Waals surface area contributed by atoms with Crippen LogP contribution in [0, 0.1) is 0 Å². The molecular formula is C12H22ClN3O. The summed E-state index contributed by atoms with van der Waals surface area (Å²) in [5.41, 5.74) is 2.35. The van der Waals surface area contributed by atoms with Gasteiger partial charge in [0.15, 0.2) is 0 Å². The van der Waals surface area contributed by atoms with E-state index in [1.165, 1.54) is 5.69 Å². The summed E-state index contributed by atoms with van der Waals surface area (Å²) in [7, 11) is 3.65. The van der Waals surface area contributed by atoms with E-state index in [4.69, 9.17) is 16.3 Å². The molecule has 0 amide bonds. The molecule has 0 radical (unpaired) electrons. The molecule has 4 nitrogen and oxygen atoms in total. The summed E-state index contributed by atoms with van der Waals surface area (Å²) in [5.74, 6) is 0. The van der Waals surface area contributed by atoms with E-state index < -0.39 is 0 Å². The van der Waals surface area contributed by atoms with Crippen molar-refractivity contribution < 1.29 is 4.74 Å². The van der Waals surface area contributed by atoms with Gasteiger partial charge in [-0.25, -0.2) is 0 Å². The largest absolute Gasteiger partial charge is 0.383 e. The lowest BCUT2D eigenvalue weighted by Gasteiger charge is -2.09. The summed E-state index contributed by atoms with van der Waals surface area (Å²) >= 11 is 6.04. The summed E-state index contributed by atoms with van der Waals surface area (Å²) in [4.78, 5) is 0. The molecule has 1 aromatic heterocycles. The van der Waals surface area contributed by atoms with E-state index >= 15 is 0 Å². The van der Waals surface area contributed by atoms with Crippen LogP contribution in [0.15, 0.2) is 6.07 Å². The second-order valence-electron chi connectivity index (χ2n) is 4.12. The number of hydrogen-bond acceptors (Lipinski definition) is 3. The third kappa shape index (κ3) is 5.06. The lowest BCUT2D eigenvalue weighted by molar-refractivity contribution is 0.195. The second kappa shape index (κ2) is 7.69. The fourth-order valence-corrected chi connectivity index (χ4v) is 1.88. The van der Waals surface area contributed by atoms with Crippen molar-refractivity contribution in [1.29, 1.82) is 0 Å². The van der Waals surface area contributed by atoms with Gasteiger partial charge in [0.1, 0.15) is 0 Å². The predicted molar refractivity (Wildman–Crippen MR) is 70.4 cm³/mol. The van der Waals surface area contributed by atoms with E-state index in [9.17, 15) is 0 Å². The van der Waals surface area contributed by atoms with Crippen LogP contribution in [0.2, 0.25) is 0 Å². The number of halogens is 1. The minimum Gasteiger partial charge on any atom is -0.383 e. The molecule has 17 heavy (non-hydrogen) atoms. The fraction of sp³-hybridized carbons (Fsp3) is 0.750. The Balaban J connectivity index is 2.23. The van der Waals surface area contributed by atoms with Gasteiger partial charge in [-0.05, 0) is 25.5 Å². The molecule has 5 heteroatoms. The van der Waals surface area contributed by atoms with Gasteiger partial charge in [-0.2, -0.15) is 5.10 Å². The third-order valence-electron chi connectivity index (χ3n) is 2.68. The third-order valence-corrected chi connectivity index (χ3v) is 3.02. The van der Waals surface area contributed by atoms with Crippen LogP contribution in [0.3, 0.4) is 0 Å². The van der Waals surface area contributed by atoms with Crippen LogP contribution in [0.25, 0.3) is 0 Å². The molecule has 0 fully saturated rings. The van der Waals surface area contributed by atoms with E-state index in [0.29, 0.717) is 6.61 Å². The van der Waals surface area contributed by atoms with Gasteiger partial charge in [-0.15, -0.1) is 11.6 Å². The highest BCUT2D eigenvalue weighted by Crippen LogP contribution is 2.04. The quantitative estimate of drug-likeness (QED) is 0.571. The van der Waals surface area contributed by atoms with Gasteiger partial charge in [-0.3, -0.25) is 4.68 Å². The first-order valence-electron chi connectivity index (χ1n) is 6.02. The van der Waals surface area contributed by atoms with Crippen LogP contribution < -0.4 is 5.32 Å². The molecular weight excluding hydrogens is 238 g/mol. The van der Waals surface area contributed by atoms with Crippen molar-refractivity contribution in [3.05, 3.63) is 17.5 Å². The predicted octanol–water partition coefficient (Wildman–Crippen LogP) is 1.72. The first-order chi connectivity index (χ1) is 8.17. The molecule has 0 bridgehead atoms. The summed E-state index contributed by atoms with van der Waals surface area (Å²) in [6.07, 6.45) is 1.89. The average Bonchev–Trinajstić information content (AvgIpc) is 2.66. The van der Waals surface area contributed by atoms with Crippen molar-refractivity contribution in [2.75, 3.05) is 20.3 Å². The smallest absolute Gasteiger partial charge is 0.0626 e. The zero-order valence-electron chi connectivity index (χ0n) is 10.9. The maximum absolute atomic E-state index is 6.04. The summed E-state index contributed by atoms with van der Waals surface area (Å²) in [5, 5.41) is 7.86. The highest BCUT2D eigenvalue weighted by Gasteiger charge is 2.05. The van der Waals surface area contributed by atoms with Gasteiger partial charge in [0, 0.05) is 20.7 Å². The van der Waals surface area contributed by atoms with Crippen molar-refractivity contribution in [1.82, 2.24) is 15.1 Å². The molecule has 1 N–H and O–H groups in total. The van der Waals surface area contributed by atoms with Crippen molar-refractivity contribution in [2.24, 2.45) is 7.05 Å². The molecule has 1 atom stereocenters. The van der Waals surface area contributed by atoms with E-state index in [2.05, 4.69) is 23.4 Å². The normalized spacial score (nSPS) is 12.9. The molecule has 0 aliphatic carbocycles. The van der Waals surface area contributed by atoms with Crippen molar-refractivity contribution in [2.45, 2.75) is 31.7 Å². The molecule has 0 aromatic carbocycles. The maximum Gasteiger partial charge on any atom is 0.0626 e. The van der Waals surface area contributed by atoms with Crippen LogP contribution in [0.4, 0.5) is 0 Å². The maximum atomic E-state index is 6.04. The van der Waals surface area contributed by atoms with E-state index in [0.717, 1.165) is 31.6 Å². The average molecular weight is 260 g/mol. The van der Waals surface area contributed by atoms with E-state index in [1.807, 2.05) is 11.7 Å². The number of aryl methyl sites for hydroxylation is 2. The summed E-state index contributed by atoms with van der Waals surface area (Å²) < 4.78 is 6.91. The molecule has 1 unspecified atom stereocenters. The van der Waals surface area contributed by atoms with Crippen LogP contribution >= 0.6 is 11.6 Å². The Bertz CT molecular complexity index is 328. The Labute approximate surface area is 108 Å². The lowest BCUT2D eigenvalue weighted by atomic mass is 10.3. The number of nitrogens with zero attached hydrogens (tertiary/aromatic N) is 2. The van der Waals surface area contributed by atoms with Crippen LogP contribution in [-0.4, -0.2) is 35.4 Å². The van der Waals surface area contributed by atoms with Crippen molar-refractivity contribution in [3.8, 4) is 0 Å². The molecule has 0 aliphatic rings. The van der Waals surface area contributed by atoms with Gasteiger partial charge in [-0.1, -0.05) is 6.92 Å². The molecule has 0 saturated carbocycles. The second-order valence-corrected chi connectivity index (χ2v) is 4.74. The Morgan fingerprint density at radius 3 is 2.94 bits per heavy atom. The zero-order valence-corrected chi connectivity index (χ0v) is 11.6. The number of ether oxygens (including phenoxy) is 1. The molecule has 1 aromatic rings.